The van der Waals surface area contributed by atoms with Crippen LogP contribution >= 0.6 is 0 Å². The molecular formula is C17H23N3. The van der Waals surface area contributed by atoms with Gasteiger partial charge in [0, 0.05) is 11.5 Å². The number of aromatic nitrogens is 2. The lowest BCUT2D eigenvalue weighted by molar-refractivity contribution is 0.382. The van der Waals surface area contributed by atoms with Crippen LogP contribution in [0.3, 0.4) is 0 Å². The molecule has 1 atom stereocenters. The summed E-state index contributed by atoms with van der Waals surface area (Å²) in [5.41, 5.74) is 2.71. The first-order valence-corrected chi connectivity index (χ1v) is 7.31. The Hall–Kier alpha value is -1.82. The highest BCUT2D eigenvalue weighted by Crippen LogP contribution is 2.31. The van der Waals surface area contributed by atoms with Gasteiger partial charge in [0.2, 0.25) is 0 Å². The molecule has 0 saturated heterocycles. The summed E-state index contributed by atoms with van der Waals surface area (Å²) in [5, 5.41) is 9.04. The van der Waals surface area contributed by atoms with E-state index in [-0.39, 0.29) is 5.54 Å². The second-order valence-corrected chi connectivity index (χ2v) is 6.48. The van der Waals surface area contributed by atoms with E-state index in [0.29, 0.717) is 11.5 Å². The van der Waals surface area contributed by atoms with Gasteiger partial charge >= 0.3 is 0 Å². The largest absolute Gasteiger partial charge is 0.322 e. The topological polar surface area (TPSA) is 41.6 Å². The molecule has 2 aromatic rings. The van der Waals surface area contributed by atoms with E-state index in [9.17, 15) is 0 Å². The molecule has 1 unspecified atom stereocenters. The molecule has 3 nitrogen and oxygen atoms in total. The summed E-state index contributed by atoms with van der Waals surface area (Å²) >= 11 is 0. The van der Waals surface area contributed by atoms with Gasteiger partial charge in [0.15, 0.2) is 0 Å². The van der Waals surface area contributed by atoms with Crippen LogP contribution < -0.4 is 0 Å². The normalized spacial score (nSPS) is 13.4. The molecule has 0 saturated carbocycles. The Bertz CT molecular complexity index is 653. The summed E-state index contributed by atoms with van der Waals surface area (Å²) in [6.45, 7) is 11.0. The van der Waals surface area contributed by atoms with Crippen molar-refractivity contribution in [3.05, 3.63) is 29.6 Å². The van der Waals surface area contributed by atoms with Crippen LogP contribution in [0, 0.1) is 11.3 Å². The SMILES string of the molecule is CCCC(C)c1nc2cc(C#N)ccc2n1C(C)(C)C. The van der Waals surface area contributed by atoms with E-state index in [0.717, 1.165) is 29.7 Å². The molecule has 0 bridgehead atoms. The van der Waals surface area contributed by atoms with Crippen molar-refractivity contribution >= 4 is 11.0 Å². The lowest BCUT2D eigenvalue weighted by atomic mass is 10.0. The Morgan fingerprint density at radius 1 is 1.35 bits per heavy atom. The van der Waals surface area contributed by atoms with E-state index in [4.69, 9.17) is 10.2 Å². The van der Waals surface area contributed by atoms with Crippen molar-refractivity contribution < 1.29 is 0 Å². The molecule has 1 heterocycles. The fourth-order valence-corrected chi connectivity index (χ4v) is 2.77. The van der Waals surface area contributed by atoms with Crippen molar-refractivity contribution in [2.45, 2.75) is 58.9 Å². The highest BCUT2D eigenvalue weighted by Gasteiger charge is 2.24. The molecule has 0 spiro atoms. The second-order valence-electron chi connectivity index (χ2n) is 6.48. The van der Waals surface area contributed by atoms with Crippen LogP contribution in [0.2, 0.25) is 0 Å². The van der Waals surface area contributed by atoms with Crippen LogP contribution in [0.15, 0.2) is 18.2 Å². The lowest BCUT2D eigenvalue weighted by Crippen LogP contribution is -2.25. The van der Waals surface area contributed by atoms with Crippen molar-refractivity contribution in [1.82, 2.24) is 9.55 Å². The fraction of sp³-hybridized carbons (Fsp3) is 0.529. The molecule has 0 aliphatic carbocycles. The fourth-order valence-electron chi connectivity index (χ4n) is 2.77. The summed E-state index contributed by atoms with van der Waals surface area (Å²) in [6.07, 6.45) is 2.28. The minimum absolute atomic E-state index is 0.0136. The molecule has 0 radical (unpaired) electrons. The Morgan fingerprint density at radius 2 is 2.05 bits per heavy atom. The molecule has 106 valence electrons. The molecule has 0 amide bonds. The van der Waals surface area contributed by atoms with Gasteiger partial charge in [0.25, 0.3) is 0 Å². The maximum absolute atomic E-state index is 9.04. The number of benzene rings is 1. The minimum Gasteiger partial charge on any atom is -0.322 e. The maximum atomic E-state index is 9.04. The number of imidazole rings is 1. The van der Waals surface area contributed by atoms with E-state index in [2.05, 4.69) is 45.3 Å². The van der Waals surface area contributed by atoms with Gasteiger partial charge < -0.3 is 4.57 Å². The van der Waals surface area contributed by atoms with Crippen molar-refractivity contribution in [2.75, 3.05) is 0 Å². The predicted octanol–water partition coefficient (Wildman–Crippen LogP) is 4.57. The third-order valence-electron chi connectivity index (χ3n) is 3.64. The highest BCUT2D eigenvalue weighted by molar-refractivity contribution is 5.78. The van der Waals surface area contributed by atoms with Gasteiger partial charge in [-0.15, -0.1) is 0 Å². The van der Waals surface area contributed by atoms with Crippen molar-refractivity contribution in [3.63, 3.8) is 0 Å². The van der Waals surface area contributed by atoms with E-state index >= 15 is 0 Å². The number of nitriles is 1. The monoisotopic (exact) mass is 269 g/mol. The summed E-state index contributed by atoms with van der Waals surface area (Å²) in [5.74, 6) is 1.56. The maximum Gasteiger partial charge on any atom is 0.113 e. The molecule has 0 fully saturated rings. The van der Waals surface area contributed by atoms with Crippen LogP contribution in [-0.2, 0) is 5.54 Å². The van der Waals surface area contributed by atoms with Gasteiger partial charge in [-0.2, -0.15) is 5.26 Å². The zero-order valence-corrected chi connectivity index (χ0v) is 13.1. The van der Waals surface area contributed by atoms with Crippen LogP contribution in [0.25, 0.3) is 11.0 Å². The molecule has 0 aliphatic heterocycles. The summed E-state index contributed by atoms with van der Waals surface area (Å²) in [7, 11) is 0. The molecule has 0 N–H and O–H groups in total. The van der Waals surface area contributed by atoms with Gasteiger partial charge in [-0.1, -0.05) is 20.3 Å². The van der Waals surface area contributed by atoms with Crippen molar-refractivity contribution in [3.8, 4) is 6.07 Å². The van der Waals surface area contributed by atoms with Gasteiger partial charge in [0.1, 0.15) is 5.82 Å². The van der Waals surface area contributed by atoms with Gasteiger partial charge in [-0.3, -0.25) is 0 Å². The quantitative estimate of drug-likeness (QED) is 0.819. The average molecular weight is 269 g/mol. The number of nitrogens with zero attached hydrogens (tertiary/aromatic N) is 3. The molecule has 1 aromatic heterocycles. The van der Waals surface area contributed by atoms with Gasteiger partial charge in [-0.25, -0.2) is 4.98 Å². The molecule has 3 heteroatoms. The smallest absolute Gasteiger partial charge is 0.113 e. The number of fused-ring (bicyclic) bond motifs is 1. The Morgan fingerprint density at radius 3 is 2.60 bits per heavy atom. The van der Waals surface area contributed by atoms with Crippen molar-refractivity contribution in [2.24, 2.45) is 0 Å². The number of rotatable bonds is 3. The molecule has 1 aromatic carbocycles. The van der Waals surface area contributed by atoms with Crippen LogP contribution in [-0.4, -0.2) is 9.55 Å². The third-order valence-corrected chi connectivity index (χ3v) is 3.64. The van der Waals surface area contributed by atoms with Crippen LogP contribution in [0.1, 0.15) is 64.8 Å². The van der Waals surface area contributed by atoms with Crippen LogP contribution in [0.5, 0.6) is 0 Å². The van der Waals surface area contributed by atoms with Crippen molar-refractivity contribution in [1.29, 1.82) is 5.26 Å². The molecule has 2 rings (SSSR count). The number of hydrogen-bond donors (Lipinski definition) is 0. The highest BCUT2D eigenvalue weighted by atomic mass is 15.1. The van der Waals surface area contributed by atoms with E-state index in [1.54, 1.807) is 0 Å². The lowest BCUT2D eigenvalue weighted by Gasteiger charge is -2.26. The molecule has 20 heavy (non-hydrogen) atoms. The Labute approximate surface area is 121 Å². The Balaban J connectivity index is 2.70. The Kier molecular flexibility index (Phi) is 3.85. The van der Waals surface area contributed by atoms with Gasteiger partial charge in [0.05, 0.1) is 22.7 Å². The molecule has 0 aliphatic rings. The van der Waals surface area contributed by atoms with E-state index in [1.807, 2.05) is 18.2 Å². The van der Waals surface area contributed by atoms with E-state index in [1.165, 1.54) is 0 Å². The standard InChI is InChI=1S/C17H23N3/c1-6-7-12(2)16-19-14-10-13(11-18)8-9-15(14)20(16)17(3,4)5/h8-10,12H,6-7H2,1-5H3. The zero-order chi connectivity index (χ0) is 14.9. The third kappa shape index (κ3) is 2.56. The van der Waals surface area contributed by atoms with Gasteiger partial charge in [-0.05, 0) is 45.4 Å². The minimum atomic E-state index is -0.0136. The molecular weight excluding hydrogens is 246 g/mol. The first-order chi connectivity index (χ1) is 9.38. The average Bonchev–Trinajstić information content (AvgIpc) is 2.76. The summed E-state index contributed by atoms with van der Waals surface area (Å²) in [6, 6.07) is 7.98. The zero-order valence-electron chi connectivity index (χ0n) is 13.1. The predicted molar refractivity (Wildman–Crippen MR) is 82.8 cm³/mol. The summed E-state index contributed by atoms with van der Waals surface area (Å²) < 4.78 is 2.32. The van der Waals surface area contributed by atoms with Crippen LogP contribution in [0.4, 0.5) is 0 Å². The van der Waals surface area contributed by atoms with E-state index < -0.39 is 0 Å². The summed E-state index contributed by atoms with van der Waals surface area (Å²) in [4.78, 5) is 4.82. The second kappa shape index (κ2) is 5.28. The first-order valence-electron chi connectivity index (χ1n) is 7.31. The first kappa shape index (κ1) is 14.6. The number of hydrogen-bond acceptors (Lipinski definition) is 2.